The molecule has 0 rings (SSSR count). The summed E-state index contributed by atoms with van der Waals surface area (Å²) in [4.78, 5) is 39.6. The maximum atomic E-state index is 13.1. The van der Waals surface area contributed by atoms with Crippen molar-refractivity contribution in [3.05, 3.63) is 0 Å². The van der Waals surface area contributed by atoms with E-state index in [1.807, 2.05) is 0 Å². The van der Waals surface area contributed by atoms with Crippen LogP contribution in [0.2, 0.25) is 0 Å². The summed E-state index contributed by atoms with van der Waals surface area (Å²) in [7, 11) is 4.41. The number of carbonyl (C=O) groups excluding carboxylic acids is 3. The third-order valence-electron chi connectivity index (χ3n) is 9.55. The molecule has 0 N–H and O–H groups in total. The predicted octanol–water partition coefficient (Wildman–Crippen LogP) is 10.6. The number of rotatable bonds is 36. The molecule has 7 heteroatoms. The van der Waals surface area contributed by atoms with Gasteiger partial charge < -0.3 is 18.9 Å². The number of hydrogen-bond acceptors (Lipinski definition) is 5. The van der Waals surface area contributed by atoms with Crippen LogP contribution in [0.4, 0.5) is 0 Å². The molecule has 0 atom stereocenters. The van der Waals surface area contributed by atoms with E-state index in [0.717, 1.165) is 56.1 Å². The number of unbranched alkanes of at least 4 members (excludes halogenated alkanes) is 20. The molecule has 0 aromatic heterocycles. The Morgan fingerprint density at radius 1 is 0.438 bits per heavy atom. The number of ether oxygens (including phenoxy) is 2. The first-order chi connectivity index (χ1) is 23.3. The van der Waals surface area contributed by atoms with Gasteiger partial charge in [0.15, 0.2) is 0 Å². The van der Waals surface area contributed by atoms with Gasteiger partial charge in [0.1, 0.15) is 13.2 Å². The minimum atomic E-state index is -0.185. The van der Waals surface area contributed by atoms with E-state index in [9.17, 15) is 14.4 Å². The van der Waals surface area contributed by atoms with Crippen molar-refractivity contribution in [2.45, 2.75) is 194 Å². The second-order valence-corrected chi connectivity index (χ2v) is 14.9. The fraction of sp³-hybridized carbons (Fsp3) is 0.927. The van der Waals surface area contributed by atoms with Crippen molar-refractivity contribution >= 4 is 17.8 Å². The zero-order valence-corrected chi connectivity index (χ0v) is 32.8. The highest BCUT2D eigenvalue weighted by Crippen LogP contribution is 2.14. The lowest BCUT2D eigenvalue weighted by molar-refractivity contribution is -0.890. The summed E-state index contributed by atoms with van der Waals surface area (Å²) in [6.45, 7) is 9.77. The van der Waals surface area contributed by atoms with Gasteiger partial charge in [-0.1, -0.05) is 149 Å². The zero-order chi connectivity index (χ0) is 35.6. The standard InChI is InChI=1S/C41H81N2O5/c1-6-9-11-13-15-17-19-21-23-25-27-31-40(45)47-37-33-42(39(44)30-29-36-43(4,5)35-8-3)34-38-48-41(46)32-28-26-24-22-20-18-16-14-12-10-7-2/h6-38H2,1-5H3/q+1. The van der Waals surface area contributed by atoms with Gasteiger partial charge in [0.25, 0.3) is 0 Å². The molecule has 0 saturated heterocycles. The van der Waals surface area contributed by atoms with Gasteiger partial charge in [-0.05, 0) is 19.3 Å². The molecule has 0 aromatic carbocycles. The zero-order valence-electron chi connectivity index (χ0n) is 32.8. The average Bonchev–Trinajstić information content (AvgIpc) is 3.05. The average molecular weight is 682 g/mol. The third-order valence-corrected chi connectivity index (χ3v) is 9.55. The summed E-state index contributed by atoms with van der Waals surface area (Å²) in [5.74, 6) is -0.333. The fourth-order valence-corrected chi connectivity index (χ4v) is 6.45. The summed E-state index contributed by atoms with van der Waals surface area (Å²) in [6, 6.07) is 0. The monoisotopic (exact) mass is 682 g/mol. The van der Waals surface area contributed by atoms with Crippen LogP contribution in [-0.2, 0) is 23.9 Å². The van der Waals surface area contributed by atoms with Crippen molar-refractivity contribution in [3.63, 3.8) is 0 Å². The summed E-state index contributed by atoms with van der Waals surface area (Å²) in [5, 5.41) is 0. The van der Waals surface area contributed by atoms with Crippen molar-refractivity contribution < 1.29 is 28.3 Å². The van der Waals surface area contributed by atoms with Crippen LogP contribution in [0.3, 0.4) is 0 Å². The van der Waals surface area contributed by atoms with Gasteiger partial charge in [-0.25, -0.2) is 0 Å². The van der Waals surface area contributed by atoms with E-state index >= 15 is 0 Å². The number of carbonyl (C=O) groups is 3. The summed E-state index contributed by atoms with van der Waals surface area (Å²) in [6.07, 6.45) is 30.7. The van der Waals surface area contributed by atoms with E-state index in [1.54, 1.807) is 4.90 Å². The van der Waals surface area contributed by atoms with E-state index < -0.39 is 0 Å². The van der Waals surface area contributed by atoms with E-state index in [4.69, 9.17) is 9.47 Å². The van der Waals surface area contributed by atoms with Crippen molar-refractivity contribution in [1.29, 1.82) is 0 Å². The lowest BCUT2D eigenvalue weighted by atomic mass is 10.1. The van der Waals surface area contributed by atoms with Crippen LogP contribution >= 0.6 is 0 Å². The molecule has 0 aliphatic carbocycles. The topological polar surface area (TPSA) is 72.9 Å². The van der Waals surface area contributed by atoms with Gasteiger partial charge in [-0.3, -0.25) is 14.4 Å². The molecule has 0 unspecified atom stereocenters. The van der Waals surface area contributed by atoms with Crippen LogP contribution in [0.25, 0.3) is 0 Å². The van der Waals surface area contributed by atoms with Crippen molar-refractivity contribution in [2.75, 3.05) is 53.5 Å². The molecule has 1 amide bonds. The lowest BCUT2D eigenvalue weighted by Crippen LogP contribution is -2.42. The van der Waals surface area contributed by atoms with Gasteiger partial charge in [-0.2, -0.15) is 0 Å². The highest BCUT2D eigenvalue weighted by molar-refractivity contribution is 5.76. The molecule has 0 aliphatic heterocycles. The van der Waals surface area contributed by atoms with E-state index in [1.165, 1.54) is 116 Å². The molecule has 7 nitrogen and oxygen atoms in total. The SMILES string of the molecule is CCCCCCCCCCCCCC(=O)OCCN(CCOC(=O)CCCCCCCCCCCCC)C(=O)CCC[N+](C)(C)CCC. The number of quaternary nitrogens is 1. The second-order valence-electron chi connectivity index (χ2n) is 14.9. The van der Waals surface area contributed by atoms with Crippen molar-refractivity contribution in [2.24, 2.45) is 0 Å². The molecule has 0 fully saturated rings. The quantitative estimate of drug-likeness (QED) is 0.0374. The molecule has 0 aromatic rings. The molecule has 0 radical (unpaired) electrons. The van der Waals surface area contributed by atoms with Crippen LogP contribution < -0.4 is 0 Å². The Hall–Kier alpha value is -1.63. The third kappa shape index (κ3) is 31.6. The Balaban J connectivity index is 4.32. The minimum Gasteiger partial charge on any atom is -0.464 e. The largest absolute Gasteiger partial charge is 0.464 e. The number of esters is 2. The Bertz CT molecular complexity index is 713. The summed E-state index contributed by atoms with van der Waals surface area (Å²) < 4.78 is 11.9. The Morgan fingerprint density at radius 2 is 0.792 bits per heavy atom. The van der Waals surface area contributed by atoms with Crippen molar-refractivity contribution in [1.82, 2.24) is 4.90 Å². The molecule has 48 heavy (non-hydrogen) atoms. The Morgan fingerprint density at radius 3 is 1.15 bits per heavy atom. The van der Waals surface area contributed by atoms with E-state index in [-0.39, 0.29) is 31.1 Å². The van der Waals surface area contributed by atoms with Crippen LogP contribution in [0.5, 0.6) is 0 Å². The van der Waals surface area contributed by atoms with Crippen molar-refractivity contribution in [3.8, 4) is 0 Å². The van der Waals surface area contributed by atoms with Gasteiger partial charge in [-0.15, -0.1) is 0 Å². The maximum Gasteiger partial charge on any atom is 0.305 e. The fourth-order valence-electron chi connectivity index (χ4n) is 6.45. The first kappa shape index (κ1) is 46.4. The minimum absolute atomic E-state index is 0.0364. The summed E-state index contributed by atoms with van der Waals surface area (Å²) >= 11 is 0. The Labute approximate surface area is 298 Å². The number of hydrogen-bond donors (Lipinski definition) is 0. The normalized spacial score (nSPS) is 11.5. The number of amides is 1. The maximum absolute atomic E-state index is 13.1. The molecule has 284 valence electrons. The highest BCUT2D eigenvalue weighted by Gasteiger charge is 2.18. The molecule has 0 saturated carbocycles. The lowest BCUT2D eigenvalue weighted by Gasteiger charge is -2.29. The first-order valence-corrected chi connectivity index (χ1v) is 20.7. The van der Waals surface area contributed by atoms with E-state index in [0.29, 0.717) is 32.4 Å². The molecule has 0 spiro atoms. The first-order valence-electron chi connectivity index (χ1n) is 20.7. The second kappa shape index (κ2) is 33.8. The van der Waals surface area contributed by atoms with Gasteiger partial charge in [0.2, 0.25) is 5.91 Å². The van der Waals surface area contributed by atoms with Crippen LogP contribution in [-0.4, -0.2) is 80.7 Å². The highest BCUT2D eigenvalue weighted by atomic mass is 16.5. The van der Waals surface area contributed by atoms with Gasteiger partial charge >= 0.3 is 11.9 Å². The van der Waals surface area contributed by atoms with Gasteiger partial charge in [0, 0.05) is 25.7 Å². The van der Waals surface area contributed by atoms with Crippen LogP contribution in [0.1, 0.15) is 194 Å². The summed E-state index contributed by atoms with van der Waals surface area (Å²) in [5.41, 5.74) is 0. The molecule has 0 heterocycles. The molecular formula is C41H81N2O5+. The van der Waals surface area contributed by atoms with E-state index in [2.05, 4.69) is 34.9 Å². The van der Waals surface area contributed by atoms with Gasteiger partial charge in [0.05, 0.1) is 40.3 Å². The predicted molar refractivity (Wildman–Crippen MR) is 202 cm³/mol. The molecule has 0 bridgehead atoms. The smallest absolute Gasteiger partial charge is 0.305 e. The molecular weight excluding hydrogens is 600 g/mol. The van der Waals surface area contributed by atoms with Crippen LogP contribution in [0.15, 0.2) is 0 Å². The Kier molecular flexibility index (Phi) is 32.7. The number of nitrogens with zero attached hydrogens (tertiary/aromatic N) is 2. The molecule has 0 aliphatic rings. The van der Waals surface area contributed by atoms with Crippen LogP contribution in [0, 0.1) is 0 Å².